The fourth-order valence-corrected chi connectivity index (χ4v) is 3.84. The molecule has 1 fully saturated rings. The summed E-state index contributed by atoms with van der Waals surface area (Å²) in [6.45, 7) is 1.38. The van der Waals surface area contributed by atoms with Crippen LogP contribution in [0.25, 0.3) is 0 Å². The maximum absolute atomic E-state index is 12.0. The fourth-order valence-electron chi connectivity index (χ4n) is 2.54. The molecule has 1 N–H and O–H groups in total. The molecule has 0 radical (unpaired) electrons. The Balaban J connectivity index is 1.64. The third kappa shape index (κ3) is 6.09. The number of hydrogen-bond acceptors (Lipinski definition) is 2. The average Bonchev–Trinajstić information content (AvgIpc) is 2.47. The highest BCUT2D eigenvalue weighted by Gasteiger charge is 2.13. The summed E-state index contributed by atoms with van der Waals surface area (Å²) in [5.41, 5.74) is 0.657. The summed E-state index contributed by atoms with van der Waals surface area (Å²) < 4.78 is 7.63. The van der Waals surface area contributed by atoms with Crippen molar-refractivity contribution < 1.29 is 9.53 Å². The number of amides is 1. The largest absolute Gasteiger partial charge is 0.378 e. The highest BCUT2D eigenvalue weighted by atomic mass is 79.9. The molecule has 1 amide bonds. The van der Waals surface area contributed by atoms with Crippen LogP contribution in [0.4, 0.5) is 0 Å². The lowest BCUT2D eigenvalue weighted by Crippen LogP contribution is -2.26. The normalized spacial score (nSPS) is 15.9. The molecule has 1 aromatic rings. The molecule has 0 saturated heterocycles. The van der Waals surface area contributed by atoms with Crippen LogP contribution in [0.2, 0.25) is 0 Å². The number of hydrogen-bond donors (Lipinski definition) is 1. The van der Waals surface area contributed by atoms with Gasteiger partial charge in [0, 0.05) is 27.7 Å². The third-order valence-corrected chi connectivity index (χ3v) is 4.55. The molecule has 3 nitrogen and oxygen atoms in total. The Morgan fingerprint density at radius 3 is 2.48 bits per heavy atom. The first-order valence-electron chi connectivity index (χ1n) is 7.51. The molecule has 0 aromatic heterocycles. The molecule has 1 aliphatic carbocycles. The molecular formula is C16H21Br2NO2. The van der Waals surface area contributed by atoms with Gasteiger partial charge >= 0.3 is 0 Å². The summed E-state index contributed by atoms with van der Waals surface area (Å²) in [6, 6.07) is 5.55. The van der Waals surface area contributed by atoms with E-state index in [9.17, 15) is 4.79 Å². The first-order valence-corrected chi connectivity index (χ1v) is 9.09. The van der Waals surface area contributed by atoms with Crippen molar-refractivity contribution in [2.45, 2.75) is 44.6 Å². The van der Waals surface area contributed by atoms with Gasteiger partial charge in [0.2, 0.25) is 0 Å². The van der Waals surface area contributed by atoms with Crippen LogP contribution in [-0.2, 0) is 4.74 Å². The maximum atomic E-state index is 12.0. The number of carbonyl (C=O) groups excluding carboxylic acids is 1. The minimum atomic E-state index is -0.0466. The highest BCUT2D eigenvalue weighted by Crippen LogP contribution is 2.21. The van der Waals surface area contributed by atoms with E-state index in [1.54, 1.807) is 0 Å². The van der Waals surface area contributed by atoms with Crippen LogP contribution in [0.3, 0.4) is 0 Å². The Hall–Kier alpha value is -0.390. The summed E-state index contributed by atoms with van der Waals surface area (Å²) >= 11 is 6.78. The van der Waals surface area contributed by atoms with Crippen LogP contribution in [0, 0.1) is 0 Å². The molecule has 1 aliphatic rings. The molecule has 2 rings (SSSR count). The molecule has 1 aromatic carbocycles. The summed E-state index contributed by atoms with van der Waals surface area (Å²) in [6.07, 6.45) is 7.61. The van der Waals surface area contributed by atoms with E-state index in [1.807, 2.05) is 18.2 Å². The predicted octanol–water partition coefficient (Wildman–Crippen LogP) is 4.68. The Bertz CT molecular complexity index is 453. The highest BCUT2D eigenvalue weighted by molar-refractivity contribution is 9.11. The van der Waals surface area contributed by atoms with Crippen molar-refractivity contribution in [1.29, 1.82) is 0 Å². The Morgan fingerprint density at radius 2 is 1.81 bits per heavy atom. The van der Waals surface area contributed by atoms with E-state index in [0.717, 1.165) is 22.0 Å². The molecule has 0 atom stereocenters. The molecule has 5 heteroatoms. The first kappa shape index (κ1) is 17.0. The van der Waals surface area contributed by atoms with Gasteiger partial charge in [0.1, 0.15) is 0 Å². The van der Waals surface area contributed by atoms with Gasteiger partial charge in [-0.1, -0.05) is 51.1 Å². The zero-order valence-corrected chi connectivity index (χ0v) is 15.2. The van der Waals surface area contributed by atoms with Crippen LogP contribution in [-0.4, -0.2) is 25.2 Å². The lowest BCUT2D eigenvalue weighted by molar-refractivity contribution is 0.0273. The fraction of sp³-hybridized carbons (Fsp3) is 0.562. The number of benzene rings is 1. The molecule has 1 saturated carbocycles. The molecule has 0 spiro atoms. The molecule has 21 heavy (non-hydrogen) atoms. The maximum Gasteiger partial charge on any atom is 0.251 e. The van der Waals surface area contributed by atoms with Crippen LogP contribution in [0.5, 0.6) is 0 Å². The van der Waals surface area contributed by atoms with Crippen molar-refractivity contribution in [2.75, 3.05) is 13.2 Å². The monoisotopic (exact) mass is 417 g/mol. The van der Waals surface area contributed by atoms with Gasteiger partial charge in [-0.25, -0.2) is 0 Å². The van der Waals surface area contributed by atoms with E-state index in [4.69, 9.17) is 4.74 Å². The number of rotatable bonds is 6. The molecule has 0 heterocycles. The summed E-state index contributed by atoms with van der Waals surface area (Å²) in [5.74, 6) is -0.0466. The van der Waals surface area contributed by atoms with Crippen molar-refractivity contribution >= 4 is 37.8 Å². The van der Waals surface area contributed by atoms with Gasteiger partial charge in [0.25, 0.3) is 5.91 Å². The Morgan fingerprint density at radius 1 is 1.14 bits per heavy atom. The zero-order chi connectivity index (χ0) is 15.1. The van der Waals surface area contributed by atoms with Crippen molar-refractivity contribution in [3.8, 4) is 0 Å². The zero-order valence-electron chi connectivity index (χ0n) is 12.0. The summed E-state index contributed by atoms with van der Waals surface area (Å²) in [4.78, 5) is 12.0. The average molecular weight is 419 g/mol. The van der Waals surface area contributed by atoms with Crippen molar-refractivity contribution in [1.82, 2.24) is 5.32 Å². The van der Waals surface area contributed by atoms with Gasteiger partial charge in [-0.05, 0) is 37.5 Å². The van der Waals surface area contributed by atoms with E-state index >= 15 is 0 Å². The topological polar surface area (TPSA) is 38.3 Å². The van der Waals surface area contributed by atoms with Crippen LogP contribution in [0.15, 0.2) is 27.1 Å². The molecule has 0 aliphatic heterocycles. The second kappa shape index (κ2) is 8.91. The van der Waals surface area contributed by atoms with Crippen molar-refractivity contribution in [3.63, 3.8) is 0 Å². The van der Waals surface area contributed by atoms with Gasteiger partial charge < -0.3 is 10.1 Å². The van der Waals surface area contributed by atoms with Gasteiger partial charge in [-0.3, -0.25) is 4.79 Å². The van der Waals surface area contributed by atoms with Gasteiger partial charge in [-0.2, -0.15) is 0 Å². The summed E-state index contributed by atoms with van der Waals surface area (Å²) in [7, 11) is 0. The van der Waals surface area contributed by atoms with E-state index in [2.05, 4.69) is 37.2 Å². The second-order valence-corrected chi connectivity index (χ2v) is 7.23. The Kier molecular flexibility index (Phi) is 7.20. The van der Waals surface area contributed by atoms with Crippen molar-refractivity contribution in [3.05, 3.63) is 32.7 Å². The SMILES string of the molecule is O=C(NCCCOC1CCCCC1)c1cc(Br)cc(Br)c1. The molecule has 0 unspecified atom stereocenters. The van der Waals surface area contributed by atoms with Crippen LogP contribution in [0.1, 0.15) is 48.9 Å². The number of carbonyl (C=O) groups is 1. The number of halogens is 2. The predicted molar refractivity (Wildman–Crippen MR) is 91.6 cm³/mol. The van der Waals surface area contributed by atoms with E-state index in [1.165, 1.54) is 32.1 Å². The van der Waals surface area contributed by atoms with Gasteiger partial charge in [0.05, 0.1) is 6.10 Å². The van der Waals surface area contributed by atoms with Crippen LogP contribution >= 0.6 is 31.9 Å². The third-order valence-electron chi connectivity index (χ3n) is 3.64. The molecular weight excluding hydrogens is 398 g/mol. The summed E-state index contributed by atoms with van der Waals surface area (Å²) in [5, 5.41) is 2.93. The second-order valence-electron chi connectivity index (χ2n) is 5.40. The lowest BCUT2D eigenvalue weighted by atomic mass is 9.98. The minimum Gasteiger partial charge on any atom is -0.378 e. The van der Waals surface area contributed by atoms with E-state index in [0.29, 0.717) is 18.2 Å². The molecule has 0 bridgehead atoms. The quantitative estimate of drug-likeness (QED) is 0.681. The van der Waals surface area contributed by atoms with Crippen molar-refractivity contribution in [2.24, 2.45) is 0 Å². The van der Waals surface area contributed by atoms with E-state index in [-0.39, 0.29) is 5.91 Å². The van der Waals surface area contributed by atoms with Gasteiger partial charge in [-0.15, -0.1) is 0 Å². The first-order chi connectivity index (χ1) is 10.1. The van der Waals surface area contributed by atoms with Gasteiger partial charge in [0.15, 0.2) is 0 Å². The number of nitrogens with one attached hydrogen (secondary N) is 1. The molecule has 116 valence electrons. The minimum absolute atomic E-state index is 0.0466. The van der Waals surface area contributed by atoms with Crippen LogP contribution < -0.4 is 5.32 Å². The van der Waals surface area contributed by atoms with E-state index < -0.39 is 0 Å². The Labute approximate surface area is 143 Å². The smallest absolute Gasteiger partial charge is 0.251 e. The standard InChI is InChI=1S/C16H21Br2NO2/c17-13-9-12(10-14(18)11-13)16(20)19-7-4-8-21-15-5-2-1-3-6-15/h9-11,15H,1-8H2,(H,19,20). The number of ether oxygens (including phenoxy) is 1. The lowest BCUT2D eigenvalue weighted by Gasteiger charge is -2.21.